The second-order valence-electron chi connectivity index (χ2n) is 5.30. The van der Waals surface area contributed by atoms with Gasteiger partial charge in [0.1, 0.15) is 11.6 Å². The maximum absolute atomic E-state index is 12.2. The standard InChI is InChI=1S/C17H18ClN3O2/c18-14-6-7-16(19-12-14)20-8-10-21(11-9-20)17(22)13-23-15-4-2-1-3-5-15/h1-7,12H,8-11,13H2. The SMILES string of the molecule is O=C(COc1ccccc1)N1CCN(c2ccc(Cl)cn2)CC1. The summed E-state index contributed by atoms with van der Waals surface area (Å²) in [5.41, 5.74) is 0. The molecule has 6 heteroatoms. The van der Waals surface area contributed by atoms with E-state index in [-0.39, 0.29) is 12.5 Å². The van der Waals surface area contributed by atoms with E-state index in [0.29, 0.717) is 23.9 Å². The predicted octanol–water partition coefficient (Wildman–Crippen LogP) is 2.46. The van der Waals surface area contributed by atoms with Crippen molar-refractivity contribution in [3.05, 3.63) is 53.7 Å². The molecule has 2 heterocycles. The minimum absolute atomic E-state index is 0.0116. The van der Waals surface area contributed by atoms with Crippen LogP contribution in [0.3, 0.4) is 0 Å². The van der Waals surface area contributed by atoms with Crippen molar-refractivity contribution in [3.8, 4) is 5.75 Å². The molecule has 1 aliphatic heterocycles. The molecule has 23 heavy (non-hydrogen) atoms. The molecule has 1 aromatic carbocycles. The Bertz CT molecular complexity index is 641. The summed E-state index contributed by atoms with van der Waals surface area (Å²) in [5, 5.41) is 0.626. The Kier molecular flexibility index (Phi) is 4.98. The van der Waals surface area contributed by atoms with Gasteiger partial charge in [-0.2, -0.15) is 0 Å². The summed E-state index contributed by atoms with van der Waals surface area (Å²) < 4.78 is 5.51. The molecule has 0 radical (unpaired) electrons. The Hall–Kier alpha value is -2.27. The number of amides is 1. The second kappa shape index (κ2) is 7.33. The lowest BCUT2D eigenvalue weighted by Gasteiger charge is -2.35. The molecule has 3 rings (SSSR count). The molecule has 5 nitrogen and oxygen atoms in total. The number of piperazine rings is 1. The van der Waals surface area contributed by atoms with E-state index in [1.54, 1.807) is 6.20 Å². The number of aromatic nitrogens is 1. The number of hydrogen-bond donors (Lipinski definition) is 0. The lowest BCUT2D eigenvalue weighted by Crippen LogP contribution is -2.50. The Morgan fingerprint density at radius 3 is 2.48 bits per heavy atom. The number of para-hydroxylation sites is 1. The fourth-order valence-corrected chi connectivity index (χ4v) is 2.60. The first-order valence-electron chi connectivity index (χ1n) is 7.54. The zero-order valence-corrected chi connectivity index (χ0v) is 13.4. The number of halogens is 1. The monoisotopic (exact) mass is 331 g/mol. The highest BCUT2D eigenvalue weighted by molar-refractivity contribution is 6.30. The molecule has 0 saturated carbocycles. The highest BCUT2D eigenvalue weighted by atomic mass is 35.5. The molecule has 0 bridgehead atoms. The number of carbonyl (C=O) groups is 1. The third kappa shape index (κ3) is 4.13. The van der Waals surface area contributed by atoms with Gasteiger partial charge in [0.2, 0.25) is 0 Å². The molecule has 0 N–H and O–H groups in total. The number of pyridine rings is 1. The van der Waals surface area contributed by atoms with Gasteiger partial charge >= 0.3 is 0 Å². The summed E-state index contributed by atoms with van der Waals surface area (Å²) in [7, 11) is 0. The van der Waals surface area contributed by atoms with Gasteiger partial charge in [0.15, 0.2) is 6.61 Å². The van der Waals surface area contributed by atoms with Crippen LogP contribution in [0.4, 0.5) is 5.82 Å². The van der Waals surface area contributed by atoms with Crippen LogP contribution in [-0.4, -0.2) is 48.6 Å². The number of ether oxygens (including phenoxy) is 1. The van der Waals surface area contributed by atoms with Crippen molar-refractivity contribution in [1.82, 2.24) is 9.88 Å². The van der Waals surface area contributed by atoms with E-state index in [4.69, 9.17) is 16.3 Å². The summed E-state index contributed by atoms with van der Waals surface area (Å²) in [6.07, 6.45) is 1.64. The minimum atomic E-state index is 0.0116. The zero-order chi connectivity index (χ0) is 16.1. The van der Waals surface area contributed by atoms with Gasteiger partial charge in [-0.05, 0) is 24.3 Å². The van der Waals surface area contributed by atoms with E-state index in [1.165, 1.54) is 0 Å². The third-order valence-corrected chi connectivity index (χ3v) is 4.00. The van der Waals surface area contributed by atoms with Crippen LogP contribution in [0.15, 0.2) is 48.7 Å². The number of anilines is 1. The highest BCUT2D eigenvalue weighted by Gasteiger charge is 2.22. The molecule has 1 fully saturated rings. The molecular formula is C17H18ClN3O2. The average Bonchev–Trinajstić information content (AvgIpc) is 2.61. The van der Waals surface area contributed by atoms with Crippen LogP contribution in [0.5, 0.6) is 5.75 Å². The molecule has 0 spiro atoms. The molecular weight excluding hydrogens is 314 g/mol. The van der Waals surface area contributed by atoms with Crippen LogP contribution in [0.25, 0.3) is 0 Å². The van der Waals surface area contributed by atoms with Crippen molar-refractivity contribution < 1.29 is 9.53 Å². The van der Waals surface area contributed by atoms with Crippen LogP contribution >= 0.6 is 11.6 Å². The Morgan fingerprint density at radius 1 is 1.09 bits per heavy atom. The van der Waals surface area contributed by atoms with Crippen molar-refractivity contribution >= 4 is 23.3 Å². The Labute approximate surface area is 140 Å². The number of rotatable bonds is 4. The van der Waals surface area contributed by atoms with Crippen LogP contribution in [-0.2, 0) is 4.79 Å². The highest BCUT2D eigenvalue weighted by Crippen LogP contribution is 2.16. The maximum Gasteiger partial charge on any atom is 0.260 e. The average molecular weight is 332 g/mol. The maximum atomic E-state index is 12.2. The summed E-state index contributed by atoms with van der Waals surface area (Å²) in [6.45, 7) is 2.92. The molecule has 0 unspecified atom stereocenters. The van der Waals surface area contributed by atoms with Crippen LogP contribution in [0.1, 0.15) is 0 Å². The molecule has 0 atom stereocenters. The van der Waals surface area contributed by atoms with Gasteiger partial charge in [-0.1, -0.05) is 29.8 Å². The van der Waals surface area contributed by atoms with Crippen LogP contribution in [0, 0.1) is 0 Å². The van der Waals surface area contributed by atoms with Gasteiger partial charge in [-0.25, -0.2) is 4.98 Å². The number of benzene rings is 1. The largest absolute Gasteiger partial charge is 0.484 e. The molecule has 1 aliphatic rings. The quantitative estimate of drug-likeness (QED) is 0.863. The zero-order valence-electron chi connectivity index (χ0n) is 12.7. The summed E-state index contributed by atoms with van der Waals surface area (Å²) in [4.78, 5) is 20.5. The molecule has 1 amide bonds. The molecule has 0 aliphatic carbocycles. The van der Waals surface area contributed by atoms with Crippen molar-refractivity contribution in [2.45, 2.75) is 0 Å². The number of carbonyl (C=O) groups excluding carboxylic acids is 1. The van der Waals surface area contributed by atoms with Gasteiger partial charge < -0.3 is 14.5 Å². The van der Waals surface area contributed by atoms with E-state index in [0.717, 1.165) is 18.9 Å². The fourth-order valence-electron chi connectivity index (χ4n) is 2.49. The smallest absolute Gasteiger partial charge is 0.260 e. The summed E-state index contributed by atoms with van der Waals surface area (Å²) in [6, 6.07) is 13.1. The lowest BCUT2D eigenvalue weighted by molar-refractivity contribution is -0.133. The van der Waals surface area contributed by atoms with Gasteiger partial charge in [-0.15, -0.1) is 0 Å². The third-order valence-electron chi connectivity index (χ3n) is 3.77. The first-order chi connectivity index (χ1) is 11.2. The van der Waals surface area contributed by atoms with Crippen LogP contribution < -0.4 is 9.64 Å². The molecule has 1 saturated heterocycles. The second-order valence-corrected chi connectivity index (χ2v) is 5.74. The summed E-state index contributed by atoms with van der Waals surface area (Å²) >= 11 is 5.85. The first kappa shape index (κ1) is 15.6. The summed E-state index contributed by atoms with van der Waals surface area (Å²) in [5.74, 6) is 1.62. The van der Waals surface area contributed by atoms with E-state index < -0.39 is 0 Å². The minimum Gasteiger partial charge on any atom is -0.484 e. The molecule has 1 aromatic heterocycles. The van der Waals surface area contributed by atoms with E-state index >= 15 is 0 Å². The molecule has 120 valence electrons. The van der Waals surface area contributed by atoms with Gasteiger partial charge in [0, 0.05) is 32.4 Å². The normalized spacial score (nSPS) is 14.7. The lowest BCUT2D eigenvalue weighted by atomic mass is 10.3. The van der Waals surface area contributed by atoms with Crippen molar-refractivity contribution in [2.75, 3.05) is 37.7 Å². The topological polar surface area (TPSA) is 45.7 Å². The van der Waals surface area contributed by atoms with Gasteiger partial charge in [0.05, 0.1) is 5.02 Å². The van der Waals surface area contributed by atoms with E-state index in [9.17, 15) is 4.79 Å². The fraction of sp³-hybridized carbons (Fsp3) is 0.294. The number of nitrogens with zero attached hydrogens (tertiary/aromatic N) is 3. The van der Waals surface area contributed by atoms with Gasteiger partial charge in [0.25, 0.3) is 5.91 Å². The number of hydrogen-bond acceptors (Lipinski definition) is 4. The Morgan fingerprint density at radius 2 is 1.83 bits per heavy atom. The van der Waals surface area contributed by atoms with Crippen molar-refractivity contribution in [3.63, 3.8) is 0 Å². The van der Waals surface area contributed by atoms with Crippen molar-refractivity contribution in [1.29, 1.82) is 0 Å². The van der Waals surface area contributed by atoms with Crippen molar-refractivity contribution in [2.24, 2.45) is 0 Å². The Balaban J connectivity index is 1.48. The molecule has 2 aromatic rings. The first-order valence-corrected chi connectivity index (χ1v) is 7.92. The predicted molar refractivity (Wildman–Crippen MR) is 90.0 cm³/mol. The van der Waals surface area contributed by atoms with E-state index in [1.807, 2.05) is 47.4 Å². The van der Waals surface area contributed by atoms with Crippen LogP contribution in [0.2, 0.25) is 5.02 Å². The van der Waals surface area contributed by atoms with E-state index in [2.05, 4.69) is 9.88 Å². The van der Waals surface area contributed by atoms with Gasteiger partial charge in [-0.3, -0.25) is 4.79 Å².